The first-order valence-electron chi connectivity index (χ1n) is 10.5. The molecule has 0 spiro atoms. The van der Waals surface area contributed by atoms with Crippen molar-refractivity contribution in [2.45, 2.75) is 83.5 Å². The summed E-state index contributed by atoms with van der Waals surface area (Å²) in [5.41, 5.74) is 0. The van der Waals surface area contributed by atoms with Crippen molar-refractivity contribution in [1.29, 1.82) is 0 Å². The predicted octanol–water partition coefficient (Wildman–Crippen LogP) is 3.56. The Hall–Kier alpha value is -1.44. The second-order valence-corrected chi connectivity index (χ2v) is 8.53. The van der Waals surface area contributed by atoms with E-state index in [4.69, 9.17) is 4.74 Å². The van der Waals surface area contributed by atoms with E-state index >= 15 is 0 Å². The molecule has 0 aliphatic carbocycles. The molecule has 0 bridgehead atoms. The van der Waals surface area contributed by atoms with E-state index in [1.54, 1.807) is 0 Å². The molecule has 1 saturated heterocycles. The lowest BCUT2D eigenvalue weighted by molar-refractivity contribution is -0.119. The number of carbonyl (C=O) groups is 2. The Bertz CT molecular complexity index is 619. The van der Waals surface area contributed by atoms with Crippen LogP contribution < -0.4 is 10.6 Å². The van der Waals surface area contributed by atoms with Gasteiger partial charge >= 0.3 is 0 Å². The van der Waals surface area contributed by atoms with E-state index < -0.39 is 0 Å². The Morgan fingerprint density at radius 3 is 2.82 bits per heavy atom. The Morgan fingerprint density at radius 1 is 1.32 bits per heavy atom. The SMILES string of the molecule is CCCCC[C@H](O)CC[C@@H](OCC1CCC(=O)N1)c1ccc(C(=O)NCC)s1. The topological polar surface area (TPSA) is 87.7 Å². The van der Waals surface area contributed by atoms with Gasteiger partial charge in [-0.3, -0.25) is 9.59 Å². The minimum atomic E-state index is -0.327. The lowest BCUT2D eigenvalue weighted by Gasteiger charge is -2.21. The minimum absolute atomic E-state index is 0.0484. The van der Waals surface area contributed by atoms with E-state index in [1.165, 1.54) is 11.3 Å². The first kappa shape index (κ1) is 22.8. The van der Waals surface area contributed by atoms with E-state index in [-0.39, 0.29) is 30.1 Å². The fourth-order valence-electron chi connectivity index (χ4n) is 3.36. The molecular weight excluding hydrogens is 376 g/mol. The summed E-state index contributed by atoms with van der Waals surface area (Å²) in [4.78, 5) is 25.1. The van der Waals surface area contributed by atoms with Gasteiger partial charge in [0.05, 0.1) is 29.7 Å². The van der Waals surface area contributed by atoms with Crippen LogP contribution >= 0.6 is 11.3 Å². The van der Waals surface area contributed by atoms with Gasteiger partial charge in [-0.25, -0.2) is 0 Å². The average Bonchev–Trinajstić information content (AvgIpc) is 3.31. The highest BCUT2D eigenvalue weighted by Gasteiger charge is 2.24. The molecular formula is C21H34N2O4S. The van der Waals surface area contributed by atoms with Crippen molar-refractivity contribution >= 4 is 23.2 Å². The average molecular weight is 411 g/mol. The summed E-state index contributed by atoms with van der Waals surface area (Å²) in [5, 5.41) is 16.0. The molecule has 1 fully saturated rings. The van der Waals surface area contributed by atoms with Crippen molar-refractivity contribution in [2.75, 3.05) is 13.2 Å². The summed E-state index contributed by atoms with van der Waals surface area (Å²) >= 11 is 1.44. The van der Waals surface area contributed by atoms with Crippen LogP contribution in [0, 0.1) is 0 Å². The zero-order valence-corrected chi connectivity index (χ0v) is 17.9. The molecule has 2 rings (SSSR count). The smallest absolute Gasteiger partial charge is 0.261 e. The van der Waals surface area contributed by atoms with Crippen LogP contribution in [-0.2, 0) is 9.53 Å². The summed E-state index contributed by atoms with van der Waals surface area (Å²) in [6.45, 7) is 5.10. The Balaban J connectivity index is 1.94. The predicted molar refractivity (Wildman–Crippen MR) is 112 cm³/mol. The van der Waals surface area contributed by atoms with Crippen LogP contribution in [0.15, 0.2) is 12.1 Å². The molecule has 1 aromatic rings. The Morgan fingerprint density at radius 2 is 2.14 bits per heavy atom. The van der Waals surface area contributed by atoms with Gasteiger partial charge in [0.15, 0.2) is 0 Å². The molecule has 3 N–H and O–H groups in total. The van der Waals surface area contributed by atoms with Gasteiger partial charge in [0, 0.05) is 17.8 Å². The van der Waals surface area contributed by atoms with Crippen molar-refractivity contribution in [1.82, 2.24) is 10.6 Å². The fraction of sp³-hybridized carbons (Fsp3) is 0.714. The number of nitrogens with one attached hydrogen (secondary N) is 2. The Kier molecular flexibility index (Phi) is 9.95. The number of thiophene rings is 1. The van der Waals surface area contributed by atoms with E-state index in [0.29, 0.717) is 37.3 Å². The fourth-order valence-corrected chi connectivity index (χ4v) is 4.36. The molecule has 2 amide bonds. The molecule has 6 nitrogen and oxygen atoms in total. The van der Waals surface area contributed by atoms with Gasteiger partial charge in [-0.1, -0.05) is 26.2 Å². The summed E-state index contributed by atoms with van der Waals surface area (Å²) < 4.78 is 6.14. The number of amides is 2. The highest BCUT2D eigenvalue weighted by molar-refractivity contribution is 7.14. The molecule has 1 unspecified atom stereocenters. The van der Waals surface area contributed by atoms with Gasteiger partial charge in [0.25, 0.3) is 5.91 Å². The number of aliphatic hydroxyl groups excluding tert-OH is 1. The minimum Gasteiger partial charge on any atom is -0.393 e. The van der Waals surface area contributed by atoms with Crippen molar-refractivity contribution in [2.24, 2.45) is 0 Å². The van der Waals surface area contributed by atoms with E-state index in [1.807, 2.05) is 19.1 Å². The largest absolute Gasteiger partial charge is 0.393 e. The van der Waals surface area contributed by atoms with E-state index in [9.17, 15) is 14.7 Å². The van der Waals surface area contributed by atoms with Crippen molar-refractivity contribution in [3.05, 3.63) is 21.9 Å². The molecule has 1 aliphatic heterocycles. The second kappa shape index (κ2) is 12.2. The van der Waals surface area contributed by atoms with Gasteiger partial charge in [-0.05, 0) is 44.7 Å². The van der Waals surface area contributed by atoms with Crippen molar-refractivity contribution < 1.29 is 19.4 Å². The van der Waals surface area contributed by atoms with Crippen LogP contribution in [0.1, 0.15) is 85.9 Å². The number of aliphatic hydroxyl groups is 1. The molecule has 0 saturated carbocycles. The van der Waals surface area contributed by atoms with Crippen molar-refractivity contribution in [3.8, 4) is 0 Å². The zero-order chi connectivity index (χ0) is 20.4. The second-order valence-electron chi connectivity index (χ2n) is 7.41. The molecule has 28 heavy (non-hydrogen) atoms. The standard InChI is InChI=1S/C21H34N2O4S/c1-3-5-6-7-16(24)9-10-17(27-14-15-8-13-20(25)23-15)18-11-12-19(28-18)21(26)22-4-2/h11-12,15-17,24H,3-10,13-14H2,1-2H3,(H,22,26)(H,23,25)/t15?,16-,17+/m0/s1. The number of carbonyl (C=O) groups excluding carboxylic acids is 2. The third-order valence-electron chi connectivity index (χ3n) is 4.99. The zero-order valence-electron chi connectivity index (χ0n) is 17.0. The first-order valence-corrected chi connectivity index (χ1v) is 11.3. The van der Waals surface area contributed by atoms with Crippen molar-refractivity contribution in [3.63, 3.8) is 0 Å². The number of rotatable bonds is 13. The quantitative estimate of drug-likeness (QED) is 0.434. The van der Waals surface area contributed by atoms with Crippen LogP contribution in [0.2, 0.25) is 0 Å². The van der Waals surface area contributed by atoms with Crippen LogP contribution in [-0.4, -0.2) is 42.2 Å². The van der Waals surface area contributed by atoms with Gasteiger partial charge < -0.3 is 20.5 Å². The number of hydrogen-bond donors (Lipinski definition) is 3. The van der Waals surface area contributed by atoms with Crippen LogP contribution in [0.3, 0.4) is 0 Å². The van der Waals surface area contributed by atoms with Gasteiger partial charge in [-0.15, -0.1) is 11.3 Å². The highest BCUT2D eigenvalue weighted by Crippen LogP contribution is 2.31. The van der Waals surface area contributed by atoms with Crippen LogP contribution in [0.25, 0.3) is 0 Å². The van der Waals surface area contributed by atoms with E-state index in [0.717, 1.165) is 37.0 Å². The van der Waals surface area contributed by atoms with E-state index in [2.05, 4.69) is 17.6 Å². The molecule has 1 aliphatic rings. The number of hydrogen-bond acceptors (Lipinski definition) is 5. The maximum absolute atomic E-state index is 12.1. The van der Waals surface area contributed by atoms with Crippen LogP contribution in [0.5, 0.6) is 0 Å². The summed E-state index contributed by atoms with van der Waals surface area (Å²) in [6, 6.07) is 3.82. The molecule has 0 radical (unpaired) electrons. The molecule has 1 aromatic heterocycles. The molecule has 7 heteroatoms. The maximum atomic E-state index is 12.1. The van der Waals surface area contributed by atoms with Gasteiger partial charge in [-0.2, -0.15) is 0 Å². The molecule has 0 aromatic carbocycles. The summed E-state index contributed by atoms with van der Waals surface area (Å²) in [6.07, 6.45) is 6.34. The Labute approximate surface area is 172 Å². The molecule has 2 heterocycles. The normalized spacial score (nSPS) is 18.7. The highest BCUT2D eigenvalue weighted by atomic mass is 32.1. The first-order chi connectivity index (χ1) is 13.5. The number of unbranched alkanes of at least 4 members (excludes halogenated alkanes) is 2. The molecule has 158 valence electrons. The third kappa shape index (κ3) is 7.53. The molecule has 3 atom stereocenters. The number of ether oxygens (including phenoxy) is 1. The maximum Gasteiger partial charge on any atom is 0.261 e. The van der Waals surface area contributed by atoms with Gasteiger partial charge in [0.1, 0.15) is 0 Å². The summed E-state index contributed by atoms with van der Waals surface area (Å²) in [5.74, 6) is 0.00583. The lowest BCUT2D eigenvalue weighted by Crippen LogP contribution is -2.30. The van der Waals surface area contributed by atoms with Crippen LogP contribution in [0.4, 0.5) is 0 Å². The summed E-state index contributed by atoms with van der Waals surface area (Å²) in [7, 11) is 0. The van der Waals surface area contributed by atoms with Gasteiger partial charge in [0.2, 0.25) is 5.91 Å². The monoisotopic (exact) mass is 410 g/mol. The lowest BCUT2D eigenvalue weighted by atomic mass is 10.0. The third-order valence-corrected chi connectivity index (χ3v) is 6.17.